The van der Waals surface area contributed by atoms with Gasteiger partial charge in [0, 0.05) is 29.3 Å². The highest BCUT2D eigenvalue weighted by Gasteiger charge is 2.43. The molecule has 2 unspecified atom stereocenters. The van der Waals surface area contributed by atoms with Crippen LogP contribution in [-0.4, -0.2) is 10.9 Å². The average Bonchev–Trinajstić information content (AvgIpc) is 2.44. The van der Waals surface area contributed by atoms with Crippen LogP contribution >= 0.6 is 0 Å². The first-order valence-corrected chi connectivity index (χ1v) is 7.73. The summed E-state index contributed by atoms with van der Waals surface area (Å²) < 4.78 is 0. The standard InChI is InChI=1S/C19H20N2O2/c1-11-14(10-20)17(12-5-4-6-13(22)7-12)18-15(21-11)8-19(2,3)9-16(18)23/h4-7,14,17,21-22H,1,8-9H2,2-3H3. The fraction of sp³-hybridized carbons (Fsp3) is 0.368. The molecule has 2 atom stereocenters. The van der Waals surface area contributed by atoms with E-state index in [1.54, 1.807) is 18.2 Å². The molecule has 1 aliphatic heterocycles. The molecule has 1 aromatic rings. The highest BCUT2D eigenvalue weighted by molar-refractivity contribution is 5.99. The summed E-state index contributed by atoms with van der Waals surface area (Å²) in [7, 11) is 0. The summed E-state index contributed by atoms with van der Waals surface area (Å²) in [6.45, 7) is 8.12. The SMILES string of the molecule is C=C1NC2=C(C(=O)CC(C)(C)C2)C(c2cccc(O)c2)C1C#N. The van der Waals surface area contributed by atoms with Crippen LogP contribution < -0.4 is 5.32 Å². The van der Waals surface area contributed by atoms with Crippen molar-refractivity contribution in [2.75, 3.05) is 0 Å². The molecule has 23 heavy (non-hydrogen) atoms. The van der Waals surface area contributed by atoms with Gasteiger partial charge in [0.1, 0.15) is 5.75 Å². The molecule has 0 amide bonds. The van der Waals surface area contributed by atoms with Gasteiger partial charge in [-0.15, -0.1) is 0 Å². The van der Waals surface area contributed by atoms with E-state index in [2.05, 4.69) is 31.8 Å². The van der Waals surface area contributed by atoms with Crippen LogP contribution in [0.4, 0.5) is 0 Å². The Hall–Kier alpha value is -2.54. The van der Waals surface area contributed by atoms with Gasteiger partial charge in [-0.05, 0) is 29.5 Å². The van der Waals surface area contributed by atoms with Crippen LogP contribution in [0.1, 0.15) is 38.2 Å². The van der Waals surface area contributed by atoms with Crippen molar-refractivity contribution in [2.24, 2.45) is 11.3 Å². The number of phenols is 1. The molecule has 0 radical (unpaired) electrons. The third-order valence-corrected chi connectivity index (χ3v) is 4.62. The first-order valence-electron chi connectivity index (χ1n) is 7.73. The minimum Gasteiger partial charge on any atom is -0.508 e. The van der Waals surface area contributed by atoms with E-state index in [1.165, 1.54) is 0 Å². The summed E-state index contributed by atoms with van der Waals surface area (Å²) in [6, 6.07) is 9.07. The summed E-state index contributed by atoms with van der Waals surface area (Å²) in [5.41, 5.74) is 2.83. The number of aromatic hydroxyl groups is 1. The normalized spacial score (nSPS) is 26.3. The molecule has 4 heteroatoms. The van der Waals surface area contributed by atoms with E-state index in [0.29, 0.717) is 17.7 Å². The first-order chi connectivity index (χ1) is 10.8. The second-order valence-electron chi connectivity index (χ2n) is 7.16. The second kappa shape index (κ2) is 5.27. The van der Waals surface area contributed by atoms with Crippen LogP contribution in [0.15, 0.2) is 47.8 Å². The Morgan fingerprint density at radius 1 is 1.39 bits per heavy atom. The van der Waals surface area contributed by atoms with Crippen LogP contribution in [0, 0.1) is 22.7 Å². The van der Waals surface area contributed by atoms with Gasteiger partial charge < -0.3 is 10.4 Å². The van der Waals surface area contributed by atoms with Gasteiger partial charge in [-0.1, -0.05) is 32.6 Å². The number of hydrogen-bond donors (Lipinski definition) is 2. The number of carbonyl (C=O) groups is 1. The van der Waals surface area contributed by atoms with Crippen LogP contribution in [0.25, 0.3) is 0 Å². The third kappa shape index (κ3) is 2.63. The fourth-order valence-electron chi connectivity index (χ4n) is 3.68. The lowest BCUT2D eigenvalue weighted by Crippen LogP contribution is -2.40. The number of ketones is 1. The number of nitrogens with one attached hydrogen (secondary N) is 1. The van der Waals surface area contributed by atoms with Crippen molar-refractivity contribution in [2.45, 2.75) is 32.6 Å². The number of nitrogens with zero attached hydrogens (tertiary/aromatic N) is 1. The predicted molar refractivity (Wildman–Crippen MR) is 87.3 cm³/mol. The minimum atomic E-state index is -0.527. The summed E-state index contributed by atoms with van der Waals surface area (Å²) in [5, 5.41) is 22.6. The Balaban J connectivity index is 2.18. The van der Waals surface area contributed by atoms with E-state index >= 15 is 0 Å². The number of hydrogen-bond acceptors (Lipinski definition) is 4. The monoisotopic (exact) mass is 308 g/mol. The smallest absolute Gasteiger partial charge is 0.161 e. The van der Waals surface area contributed by atoms with Gasteiger partial charge >= 0.3 is 0 Å². The number of phenolic OH excluding ortho intramolecular Hbond substituents is 1. The summed E-state index contributed by atoms with van der Waals surface area (Å²) in [5.74, 6) is -0.695. The first kappa shape index (κ1) is 15.4. The van der Waals surface area contributed by atoms with Crippen molar-refractivity contribution >= 4 is 5.78 Å². The average molecular weight is 308 g/mol. The molecule has 0 fully saturated rings. The van der Waals surface area contributed by atoms with Crippen LogP contribution in [0.5, 0.6) is 5.75 Å². The lowest BCUT2D eigenvalue weighted by Gasteiger charge is -2.41. The molecule has 0 bridgehead atoms. The molecule has 1 heterocycles. The van der Waals surface area contributed by atoms with Crippen molar-refractivity contribution in [3.8, 4) is 11.8 Å². The van der Waals surface area contributed by atoms with Gasteiger partial charge in [-0.25, -0.2) is 0 Å². The maximum atomic E-state index is 12.8. The molecule has 2 N–H and O–H groups in total. The molecule has 3 rings (SSSR count). The van der Waals surface area contributed by atoms with E-state index in [0.717, 1.165) is 17.7 Å². The number of carbonyl (C=O) groups excluding carboxylic acids is 1. The Kier molecular flexibility index (Phi) is 3.52. The van der Waals surface area contributed by atoms with Crippen LogP contribution in [-0.2, 0) is 4.79 Å². The van der Waals surface area contributed by atoms with Crippen LogP contribution in [0.3, 0.4) is 0 Å². The number of nitriles is 1. The summed E-state index contributed by atoms with van der Waals surface area (Å²) in [4.78, 5) is 12.8. The maximum absolute atomic E-state index is 12.8. The van der Waals surface area contributed by atoms with Gasteiger partial charge in [-0.2, -0.15) is 5.26 Å². The van der Waals surface area contributed by atoms with Crippen molar-refractivity contribution in [3.63, 3.8) is 0 Å². The molecule has 1 aliphatic carbocycles. The van der Waals surface area contributed by atoms with Gasteiger partial charge in [0.05, 0.1) is 12.0 Å². The third-order valence-electron chi connectivity index (χ3n) is 4.62. The zero-order chi connectivity index (χ0) is 16.8. The number of benzene rings is 1. The van der Waals surface area contributed by atoms with E-state index < -0.39 is 5.92 Å². The lowest BCUT2D eigenvalue weighted by molar-refractivity contribution is -0.118. The molecular weight excluding hydrogens is 288 g/mol. The zero-order valence-electron chi connectivity index (χ0n) is 13.4. The Morgan fingerprint density at radius 2 is 2.13 bits per heavy atom. The molecule has 0 spiro atoms. The Bertz CT molecular complexity index is 768. The van der Waals surface area contributed by atoms with Crippen LogP contribution in [0.2, 0.25) is 0 Å². The van der Waals surface area contributed by atoms with Gasteiger partial charge in [-0.3, -0.25) is 4.79 Å². The molecule has 4 nitrogen and oxygen atoms in total. The van der Waals surface area contributed by atoms with Gasteiger partial charge in [0.25, 0.3) is 0 Å². The quantitative estimate of drug-likeness (QED) is 0.834. The number of Topliss-reactive ketones (excluding diaryl/α,β-unsaturated/α-hetero) is 1. The highest BCUT2D eigenvalue weighted by Crippen LogP contribution is 2.47. The molecular formula is C19H20N2O2. The molecule has 0 saturated heterocycles. The van der Waals surface area contributed by atoms with Crippen molar-refractivity contribution < 1.29 is 9.90 Å². The minimum absolute atomic E-state index is 0.0739. The Labute approximate surface area is 136 Å². The van der Waals surface area contributed by atoms with E-state index in [1.807, 2.05) is 6.07 Å². The number of allylic oxidation sites excluding steroid dienone is 3. The summed E-state index contributed by atoms with van der Waals surface area (Å²) >= 11 is 0. The second-order valence-corrected chi connectivity index (χ2v) is 7.16. The van der Waals surface area contributed by atoms with E-state index in [4.69, 9.17) is 0 Å². The molecule has 0 saturated carbocycles. The van der Waals surface area contributed by atoms with Crippen molar-refractivity contribution in [1.29, 1.82) is 5.26 Å². The van der Waals surface area contributed by atoms with Crippen molar-refractivity contribution in [1.82, 2.24) is 5.32 Å². The largest absolute Gasteiger partial charge is 0.508 e. The van der Waals surface area contributed by atoms with E-state index in [9.17, 15) is 15.2 Å². The molecule has 1 aromatic carbocycles. The highest BCUT2D eigenvalue weighted by atomic mass is 16.3. The predicted octanol–water partition coefficient (Wildman–Crippen LogP) is 3.38. The van der Waals surface area contributed by atoms with Crippen molar-refractivity contribution in [3.05, 3.63) is 53.4 Å². The van der Waals surface area contributed by atoms with Gasteiger partial charge in [0.2, 0.25) is 0 Å². The topological polar surface area (TPSA) is 73.1 Å². The lowest BCUT2D eigenvalue weighted by atomic mass is 9.67. The Morgan fingerprint density at radius 3 is 2.78 bits per heavy atom. The zero-order valence-corrected chi connectivity index (χ0v) is 13.4. The van der Waals surface area contributed by atoms with E-state index in [-0.39, 0.29) is 22.9 Å². The maximum Gasteiger partial charge on any atom is 0.161 e. The number of rotatable bonds is 1. The summed E-state index contributed by atoms with van der Waals surface area (Å²) in [6.07, 6.45) is 1.22. The fourth-order valence-corrected chi connectivity index (χ4v) is 3.68. The van der Waals surface area contributed by atoms with Gasteiger partial charge in [0.15, 0.2) is 5.78 Å². The molecule has 2 aliphatic rings. The molecule has 0 aromatic heterocycles. The molecule has 118 valence electrons.